The smallest absolute Gasteiger partial charge is 0.264 e. The lowest BCUT2D eigenvalue weighted by atomic mass is 9.97. The third-order valence-corrected chi connectivity index (χ3v) is 7.57. The molecule has 1 fully saturated rings. The molecule has 1 aliphatic rings. The van der Waals surface area contributed by atoms with Crippen molar-refractivity contribution in [1.82, 2.24) is 30.1 Å². The van der Waals surface area contributed by atoms with Crippen LogP contribution in [0.3, 0.4) is 0 Å². The Hall–Kier alpha value is -4.33. The standard InChI is InChI=1S/C23H25N9O4S/c1-15-16(2)29-36-23(15)30-37(34,35)19-7-5-18(6-8-19)26-22(33)17-4-3-11-31(12-17)20-9-10-21(28-27-20)32-14-24-13-25-32/h5-10,13-14,17,30H,3-4,11-12H2,1-2H3,(H,26,33). The Labute approximate surface area is 212 Å². The molecule has 1 saturated heterocycles. The van der Waals surface area contributed by atoms with E-state index in [1.54, 1.807) is 38.4 Å². The van der Waals surface area contributed by atoms with Crippen LogP contribution in [0.25, 0.3) is 5.82 Å². The minimum absolute atomic E-state index is 0.0377. The van der Waals surface area contributed by atoms with Crippen molar-refractivity contribution in [2.24, 2.45) is 5.92 Å². The van der Waals surface area contributed by atoms with E-state index in [0.29, 0.717) is 35.1 Å². The molecule has 5 rings (SSSR count). The van der Waals surface area contributed by atoms with E-state index in [1.807, 2.05) is 11.0 Å². The Balaban J connectivity index is 1.20. The van der Waals surface area contributed by atoms with E-state index in [4.69, 9.17) is 4.52 Å². The van der Waals surface area contributed by atoms with E-state index < -0.39 is 10.0 Å². The maximum Gasteiger partial charge on any atom is 0.264 e. The SMILES string of the molecule is Cc1noc(NS(=O)(=O)c2ccc(NC(=O)C3CCCN(c4ccc(-n5cncn5)nn4)C3)cc2)c1C. The van der Waals surface area contributed by atoms with Gasteiger partial charge in [0.25, 0.3) is 10.0 Å². The van der Waals surface area contributed by atoms with Gasteiger partial charge in [-0.2, -0.15) is 5.10 Å². The zero-order valence-corrected chi connectivity index (χ0v) is 21.0. The van der Waals surface area contributed by atoms with Crippen molar-refractivity contribution in [1.29, 1.82) is 0 Å². The van der Waals surface area contributed by atoms with Gasteiger partial charge in [0, 0.05) is 24.3 Å². The summed E-state index contributed by atoms with van der Waals surface area (Å²) in [5, 5.41) is 19.2. The van der Waals surface area contributed by atoms with Crippen molar-refractivity contribution < 1.29 is 17.7 Å². The maximum atomic E-state index is 13.0. The van der Waals surface area contributed by atoms with Crippen LogP contribution in [0.5, 0.6) is 0 Å². The van der Waals surface area contributed by atoms with E-state index in [2.05, 4.69) is 35.5 Å². The van der Waals surface area contributed by atoms with Crippen LogP contribution in [0.15, 0.2) is 58.5 Å². The molecule has 2 N–H and O–H groups in total. The summed E-state index contributed by atoms with van der Waals surface area (Å²) in [5.41, 5.74) is 1.73. The number of amides is 1. The number of nitrogens with zero attached hydrogens (tertiary/aromatic N) is 7. The summed E-state index contributed by atoms with van der Waals surface area (Å²) >= 11 is 0. The van der Waals surface area contributed by atoms with Crippen LogP contribution in [0.4, 0.5) is 17.4 Å². The molecule has 0 radical (unpaired) electrons. The van der Waals surface area contributed by atoms with E-state index in [9.17, 15) is 13.2 Å². The molecule has 0 saturated carbocycles. The molecule has 0 aliphatic carbocycles. The van der Waals surface area contributed by atoms with E-state index in [-0.39, 0.29) is 22.6 Å². The van der Waals surface area contributed by atoms with Gasteiger partial charge in [-0.05, 0) is 63.1 Å². The Morgan fingerprint density at radius 2 is 1.84 bits per heavy atom. The van der Waals surface area contributed by atoms with Gasteiger partial charge < -0.3 is 14.7 Å². The topological polar surface area (TPSA) is 161 Å². The molecule has 1 unspecified atom stereocenters. The third-order valence-electron chi connectivity index (χ3n) is 6.22. The summed E-state index contributed by atoms with van der Waals surface area (Å²) in [5.74, 6) is 0.918. The number of sulfonamides is 1. The van der Waals surface area contributed by atoms with Gasteiger partial charge in [-0.1, -0.05) is 5.16 Å². The largest absolute Gasteiger partial charge is 0.354 e. The second kappa shape index (κ2) is 9.97. The molecular formula is C23H25N9O4S. The average Bonchev–Trinajstić information content (AvgIpc) is 3.56. The molecule has 1 atom stereocenters. The highest BCUT2D eigenvalue weighted by atomic mass is 32.2. The van der Waals surface area contributed by atoms with Crippen LogP contribution >= 0.6 is 0 Å². The monoisotopic (exact) mass is 523 g/mol. The summed E-state index contributed by atoms with van der Waals surface area (Å²) in [6.07, 6.45) is 4.53. The van der Waals surface area contributed by atoms with Gasteiger partial charge in [-0.25, -0.2) is 22.8 Å². The lowest BCUT2D eigenvalue weighted by molar-refractivity contribution is -0.120. The van der Waals surface area contributed by atoms with E-state index >= 15 is 0 Å². The van der Waals surface area contributed by atoms with Crippen molar-refractivity contribution in [2.45, 2.75) is 31.6 Å². The number of carbonyl (C=O) groups is 1. The minimum Gasteiger partial charge on any atom is -0.354 e. The fourth-order valence-corrected chi connectivity index (χ4v) is 5.03. The molecule has 37 heavy (non-hydrogen) atoms. The van der Waals surface area contributed by atoms with Crippen LogP contribution < -0.4 is 14.9 Å². The van der Waals surface area contributed by atoms with Crippen LogP contribution in [0.2, 0.25) is 0 Å². The molecule has 192 valence electrons. The Bertz CT molecular complexity index is 1480. The van der Waals surface area contributed by atoms with Gasteiger partial charge in [0.1, 0.15) is 12.7 Å². The molecular weight excluding hydrogens is 498 g/mol. The lowest BCUT2D eigenvalue weighted by Gasteiger charge is -2.32. The van der Waals surface area contributed by atoms with Crippen LogP contribution in [-0.2, 0) is 14.8 Å². The Morgan fingerprint density at radius 3 is 2.49 bits per heavy atom. The van der Waals surface area contributed by atoms with Crippen LogP contribution in [0, 0.1) is 19.8 Å². The highest BCUT2D eigenvalue weighted by molar-refractivity contribution is 7.92. The number of rotatable bonds is 7. The maximum absolute atomic E-state index is 13.0. The summed E-state index contributed by atoms with van der Waals surface area (Å²) in [7, 11) is -3.87. The number of anilines is 3. The molecule has 14 heteroatoms. The zero-order valence-electron chi connectivity index (χ0n) is 20.2. The molecule has 1 amide bonds. The van der Waals surface area contributed by atoms with Gasteiger partial charge in [-0.3, -0.25) is 4.79 Å². The highest BCUT2D eigenvalue weighted by Gasteiger charge is 2.27. The Morgan fingerprint density at radius 1 is 1.08 bits per heavy atom. The average molecular weight is 524 g/mol. The number of piperidine rings is 1. The Kier molecular flexibility index (Phi) is 6.56. The predicted octanol–water partition coefficient (Wildman–Crippen LogP) is 2.32. The van der Waals surface area contributed by atoms with Crippen molar-refractivity contribution in [3.8, 4) is 5.82 Å². The molecule has 4 aromatic rings. The van der Waals surface area contributed by atoms with Crippen molar-refractivity contribution in [2.75, 3.05) is 28.0 Å². The number of hydrogen-bond donors (Lipinski definition) is 2. The van der Waals surface area contributed by atoms with Crippen molar-refractivity contribution in [3.05, 3.63) is 60.3 Å². The first kappa shape index (κ1) is 24.4. The van der Waals surface area contributed by atoms with Gasteiger partial charge in [0.15, 0.2) is 11.6 Å². The van der Waals surface area contributed by atoms with Crippen molar-refractivity contribution in [3.63, 3.8) is 0 Å². The first-order valence-electron chi connectivity index (χ1n) is 11.6. The highest BCUT2D eigenvalue weighted by Crippen LogP contribution is 2.25. The minimum atomic E-state index is -3.87. The third kappa shape index (κ3) is 5.28. The second-order valence-corrected chi connectivity index (χ2v) is 10.4. The van der Waals surface area contributed by atoms with Gasteiger partial charge >= 0.3 is 0 Å². The predicted molar refractivity (Wildman–Crippen MR) is 134 cm³/mol. The molecule has 3 aromatic heterocycles. The molecule has 1 aromatic carbocycles. The second-order valence-electron chi connectivity index (χ2n) is 8.72. The van der Waals surface area contributed by atoms with Gasteiger partial charge in [-0.15, -0.1) is 10.2 Å². The van der Waals surface area contributed by atoms with Crippen LogP contribution in [0.1, 0.15) is 24.1 Å². The summed E-state index contributed by atoms with van der Waals surface area (Å²) in [6.45, 7) is 4.71. The van der Waals surface area contributed by atoms with E-state index in [0.717, 1.165) is 19.4 Å². The number of aryl methyl sites for hydroxylation is 1. The lowest BCUT2D eigenvalue weighted by Crippen LogP contribution is -2.41. The number of hydrogen-bond acceptors (Lipinski definition) is 10. The van der Waals surface area contributed by atoms with Crippen molar-refractivity contribution >= 4 is 33.3 Å². The fourth-order valence-electron chi connectivity index (χ4n) is 3.99. The van der Waals surface area contributed by atoms with Gasteiger partial charge in [0.2, 0.25) is 11.8 Å². The molecule has 13 nitrogen and oxygen atoms in total. The molecule has 0 spiro atoms. The number of benzene rings is 1. The molecule has 1 aliphatic heterocycles. The fraction of sp³-hybridized carbons (Fsp3) is 0.304. The molecule has 4 heterocycles. The first-order chi connectivity index (χ1) is 17.8. The van der Waals surface area contributed by atoms with Crippen LogP contribution in [-0.4, -0.2) is 57.5 Å². The number of aromatic nitrogens is 6. The summed E-state index contributed by atoms with van der Waals surface area (Å²) in [6, 6.07) is 9.61. The normalized spacial score (nSPS) is 15.9. The first-order valence-corrected chi connectivity index (χ1v) is 13.1. The number of carbonyl (C=O) groups excluding carboxylic acids is 1. The zero-order chi connectivity index (χ0) is 26.0. The van der Waals surface area contributed by atoms with Gasteiger partial charge in [0.05, 0.1) is 16.5 Å². The quantitative estimate of drug-likeness (QED) is 0.368. The summed E-state index contributed by atoms with van der Waals surface area (Å²) in [4.78, 5) is 18.9. The molecule has 0 bridgehead atoms. The van der Waals surface area contributed by atoms with E-state index in [1.165, 1.54) is 23.1 Å². The number of nitrogens with one attached hydrogen (secondary N) is 2. The summed E-state index contributed by atoms with van der Waals surface area (Å²) < 4.78 is 34.3.